The van der Waals surface area contributed by atoms with Gasteiger partial charge in [-0.2, -0.15) is 4.31 Å². The van der Waals surface area contributed by atoms with Crippen LogP contribution >= 0.6 is 0 Å². The zero-order valence-corrected chi connectivity index (χ0v) is 13.4. The predicted octanol–water partition coefficient (Wildman–Crippen LogP) is 0.712. The molecular weight excluding hydrogens is 322 g/mol. The number of benzene rings is 1. The van der Waals surface area contributed by atoms with Crippen LogP contribution in [-0.2, 0) is 14.8 Å². The summed E-state index contributed by atoms with van der Waals surface area (Å²) in [6.07, 6.45) is 4.00. The van der Waals surface area contributed by atoms with Crippen LogP contribution in [0.3, 0.4) is 0 Å². The number of sulfonamides is 1. The number of nitro benzene ring substituents is 1. The van der Waals surface area contributed by atoms with Crippen LogP contribution in [-0.4, -0.2) is 60.9 Å². The topological polar surface area (TPSA) is 101 Å². The molecule has 124 valence electrons. The second-order valence-corrected chi connectivity index (χ2v) is 7.16. The summed E-state index contributed by atoms with van der Waals surface area (Å²) in [6.45, 7) is 1.20. The van der Waals surface area contributed by atoms with Gasteiger partial charge in [0, 0.05) is 44.4 Å². The number of carbonyl (C=O) groups excluding carboxylic acids is 1. The summed E-state index contributed by atoms with van der Waals surface area (Å²) in [5.74, 6) is -0.246. The molecule has 1 aromatic rings. The lowest BCUT2D eigenvalue weighted by molar-refractivity contribution is -0.384. The van der Waals surface area contributed by atoms with Crippen molar-refractivity contribution in [3.8, 4) is 0 Å². The maximum atomic E-state index is 12.1. The Morgan fingerprint density at radius 3 is 2.48 bits per heavy atom. The van der Waals surface area contributed by atoms with Gasteiger partial charge in [-0.1, -0.05) is 12.1 Å². The van der Waals surface area contributed by atoms with Crippen LogP contribution in [0.2, 0.25) is 0 Å². The summed E-state index contributed by atoms with van der Waals surface area (Å²) >= 11 is 0. The highest BCUT2D eigenvalue weighted by atomic mass is 32.2. The van der Waals surface area contributed by atoms with Gasteiger partial charge < -0.3 is 4.90 Å². The molecule has 1 saturated heterocycles. The van der Waals surface area contributed by atoms with E-state index < -0.39 is 14.9 Å². The van der Waals surface area contributed by atoms with Crippen molar-refractivity contribution in [2.24, 2.45) is 0 Å². The maximum Gasteiger partial charge on any atom is 0.270 e. The number of nitrogens with zero attached hydrogens (tertiary/aromatic N) is 3. The van der Waals surface area contributed by atoms with E-state index in [1.54, 1.807) is 17.0 Å². The number of carbonyl (C=O) groups is 1. The zero-order chi connectivity index (χ0) is 17.0. The van der Waals surface area contributed by atoms with Crippen LogP contribution in [0.25, 0.3) is 6.08 Å². The molecular formula is C14H17N3O5S. The number of rotatable bonds is 4. The van der Waals surface area contributed by atoms with Gasteiger partial charge in [0.2, 0.25) is 15.9 Å². The number of piperazine rings is 1. The van der Waals surface area contributed by atoms with Crippen molar-refractivity contribution in [1.29, 1.82) is 0 Å². The monoisotopic (exact) mass is 339 g/mol. The lowest BCUT2D eigenvalue weighted by atomic mass is 10.2. The Balaban J connectivity index is 1.97. The zero-order valence-electron chi connectivity index (χ0n) is 12.6. The number of non-ortho nitro benzene ring substituents is 1. The van der Waals surface area contributed by atoms with E-state index in [9.17, 15) is 23.3 Å². The quantitative estimate of drug-likeness (QED) is 0.457. The summed E-state index contributed by atoms with van der Waals surface area (Å²) in [7, 11) is -3.23. The minimum atomic E-state index is -3.23. The molecule has 23 heavy (non-hydrogen) atoms. The third-order valence-electron chi connectivity index (χ3n) is 3.52. The van der Waals surface area contributed by atoms with Crippen molar-refractivity contribution in [3.63, 3.8) is 0 Å². The molecule has 2 rings (SSSR count). The molecule has 0 spiro atoms. The van der Waals surface area contributed by atoms with Gasteiger partial charge in [-0.05, 0) is 11.6 Å². The second kappa shape index (κ2) is 6.88. The van der Waals surface area contributed by atoms with Gasteiger partial charge >= 0.3 is 0 Å². The number of amides is 1. The largest absolute Gasteiger partial charge is 0.337 e. The van der Waals surface area contributed by atoms with Gasteiger partial charge in [-0.25, -0.2) is 8.42 Å². The first kappa shape index (κ1) is 17.1. The van der Waals surface area contributed by atoms with Gasteiger partial charge in [-0.3, -0.25) is 14.9 Å². The Hall–Kier alpha value is -2.26. The Morgan fingerprint density at radius 2 is 1.91 bits per heavy atom. The van der Waals surface area contributed by atoms with Gasteiger partial charge in [0.1, 0.15) is 0 Å². The summed E-state index contributed by atoms with van der Waals surface area (Å²) in [5.41, 5.74) is 0.517. The number of nitro groups is 1. The van der Waals surface area contributed by atoms with Gasteiger partial charge in [-0.15, -0.1) is 0 Å². The molecule has 0 atom stereocenters. The van der Waals surface area contributed by atoms with E-state index in [0.717, 1.165) is 6.26 Å². The molecule has 1 fully saturated rings. The molecule has 0 saturated carbocycles. The minimum Gasteiger partial charge on any atom is -0.337 e. The molecule has 1 aliphatic rings. The lowest BCUT2D eigenvalue weighted by Gasteiger charge is -2.32. The molecule has 0 N–H and O–H groups in total. The molecule has 0 bridgehead atoms. The molecule has 1 heterocycles. The Bertz CT molecular complexity index is 737. The highest BCUT2D eigenvalue weighted by molar-refractivity contribution is 7.88. The van der Waals surface area contributed by atoms with E-state index in [0.29, 0.717) is 18.7 Å². The normalized spacial score (nSPS) is 16.7. The Kier molecular flexibility index (Phi) is 5.12. The molecule has 1 amide bonds. The van der Waals surface area contributed by atoms with Crippen LogP contribution in [0.4, 0.5) is 5.69 Å². The molecule has 0 unspecified atom stereocenters. The second-order valence-electron chi connectivity index (χ2n) is 5.17. The van der Waals surface area contributed by atoms with Gasteiger partial charge in [0.15, 0.2) is 0 Å². The van der Waals surface area contributed by atoms with Crippen molar-refractivity contribution in [2.75, 3.05) is 32.4 Å². The smallest absolute Gasteiger partial charge is 0.270 e. The Morgan fingerprint density at radius 1 is 1.26 bits per heavy atom. The third-order valence-corrected chi connectivity index (χ3v) is 4.82. The van der Waals surface area contributed by atoms with E-state index in [2.05, 4.69) is 0 Å². The Labute approximate surface area is 134 Å². The number of hydrogen-bond donors (Lipinski definition) is 0. The van der Waals surface area contributed by atoms with Gasteiger partial charge in [0.05, 0.1) is 11.2 Å². The van der Waals surface area contributed by atoms with E-state index in [1.165, 1.54) is 28.6 Å². The minimum absolute atomic E-state index is 0.0404. The van der Waals surface area contributed by atoms with Crippen LogP contribution in [0.5, 0.6) is 0 Å². The first-order chi connectivity index (χ1) is 10.8. The maximum absolute atomic E-state index is 12.1. The van der Waals surface area contributed by atoms with Crippen LogP contribution in [0.1, 0.15) is 5.56 Å². The molecule has 1 aromatic carbocycles. The third kappa shape index (κ3) is 4.60. The van der Waals surface area contributed by atoms with E-state index in [1.807, 2.05) is 0 Å². The molecule has 0 aliphatic carbocycles. The molecule has 8 nitrogen and oxygen atoms in total. The lowest BCUT2D eigenvalue weighted by Crippen LogP contribution is -2.49. The average molecular weight is 339 g/mol. The first-order valence-electron chi connectivity index (χ1n) is 6.94. The average Bonchev–Trinajstić information content (AvgIpc) is 2.52. The van der Waals surface area contributed by atoms with Crippen LogP contribution < -0.4 is 0 Å². The fourth-order valence-corrected chi connectivity index (χ4v) is 3.08. The summed E-state index contributed by atoms with van der Waals surface area (Å²) in [4.78, 5) is 23.8. The van der Waals surface area contributed by atoms with Crippen molar-refractivity contribution in [2.45, 2.75) is 0 Å². The highest BCUT2D eigenvalue weighted by Crippen LogP contribution is 2.14. The van der Waals surface area contributed by atoms with Crippen LogP contribution in [0.15, 0.2) is 30.3 Å². The predicted molar refractivity (Wildman–Crippen MR) is 85.1 cm³/mol. The van der Waals surface area contributed by atoms with Gasteiger partial charge in [0.25, 0.3) is 5.69 Å². The van der Waals surface area contributed by atoms with Crippen molar-refractivity contribution >= 4 is 27.7 Å². The standard InChI is InChI=1S/C14H17N3O5S/c1-23(21,22)16-9-7-15(8-10-16)14(18)6-5-12-3-2-4-13(11-12)17(19)20/h2-6,11H,7-10H2,1H3/b6-5+. The molecule has 0 aromatic heterocycles. The van der Waals surface area contributed by atoms with E-state index in [4.69, 9.17) is 0 Å². The van der Waals surface area contributed by atoms with Crippen molar-refractivity contribution < 1.29 is 18.1 Å². The summed E-state index contributed by atoms with van der Waals surface area (Å²) < 4.78 is 24.2. The number of hydrogen-bond acceptors (Lipinski definition) is 5. The molecule has 0 radical (unpaired) electrons. The van der Waals surface area contributed by atoms with Crippen molar-refractivity contribution in [3.05, 3.63) is 46.0 Å². The van der Waals surface area contributed by atoms with E-state index in [-0.39, 0.29) is 24.7 Å². The summed E-state index contributed by atoms with van der Waals surface area (Å²) in [6, 6.07) is 5.97. The fraction of sp³-hybridized carbons (Fsp3) is 0.357. The van der Waals surface area contributed by atoms with E-state index >= 15 is 0 Å². The molecule has 1 aliphatic heterocycles. The SMILES string of the molecule is CS(=O)(=O)N1CCN(C(=O)/C=C/c2cccc([N+](=O)[O-])c2)CC1. The first-order valence-corrected chi connectivity index (χ1v) is 8.79. The summed E-state index contributed by atoms with van der Waals surface area (Å²) in [5, 5.41) is 10.7. The fourth-order valence-electron chi connectivity index (χ4n) is 2.26. The van der Waals surface area contributed by atoms with Crippen molar-refractivity contribution in [1.82, 2.24) is 9.21 Å². The highest BCUT2D eigenvalue weighted by Gasteiger charge is 2.24. The molecule has 9 heteroatoms. The van der Waals surface area contributed by atoms with Crippen LogP contribution in [0, 0.1) is 10.1 Å².